The monoisotopic (exact) mass is 274 g/mol. The van der Waals surface area contributed by atoms with Crippen molar-refractivity contribution in [1.82, 2.24) is 0 Å². The molecule has 0 saturated carbocycles. The molecule has 3 rings (SSSR count). The van der Waals surface area contributed by atoms with E-state index in [2.05, 4.69) is 0 Å². The standard InChI is InChI=1S/C11H8O4S2.Li/c12-17(13)11-4-3-10(16-11)7-1-2-8-9(5-7)15-6-14-8;/h1-5H,6H2,(H,12,13);/q;+1/p-1. The molecule has 1 aromatic heterocycles. The first-order valence-corrected chi connectivity index (χ1v) is 6.72. The van der Waals surface area contributed by atoms with E-state index in [4.69, 9.17) is 9.47 Å². The second kappa shape index (κ2) is 5.47. The summed E-state index contributed by atoms with van der Waals surface area (Å²) in [6.45, 7) is 0.235. The average molecular weight is 274 g/mol. The van der Waals surface area contributed by atoms with Crippen molar-refractivity contribution in [3.63, 3.8) is 0 Å². The van der Waals surface area contributed by atoms with Crippen molar-refractivity contribution in [2.24, 2.45) is 0 Å². The molecule has 0 bridgehead atoms. The molecule has 1 aromatic carbocycles. The Balaban J connectivity index is 0.00000120. The Morgan fingerprint density at radius 1 is 1.17 bits per heavy atom. The van der Waals surface area contributed by atoms with Gasteiger partial charge in [-0.25, -0.2) is 0 Å². The summed E-state index contributed by atoms with van der Waals surface area (Å²) in [7, 11) is 0. The first-order valence-electron chi connectivity index (χ1n) is 4.83. The zero-order valence-corrected chi connectivity index (χ0v) is 11.2. The Morgan fingerprint density at radius 2 is 1.94 bits per heavy atom. The fourth-order valence-corrected chi connectivity index (χ4v) is 3.07. The minimum absolute atomic E-state index is 0. The van der Waals surface area contributed by atoms with E-state index in [1.54, 1.807) is 12.1 Å². The molecule has 1 aliphatic rings. The summed E-state index contributed by atoms with van der Waals surface area (Å²) < 4.78 is 32.4. The van der Waals surface area contributed by atoms with Gasteiger partial charge in [-0.3, -0.25) is 4.21 Å². The average Bonchev–Trinajstić information content (AvgIpc) is 2.97. The largest absolute Gasteiger partial charge is 1.00 e. The van der Waals surface area contributed by atoms with Gasteiger partial charge in [0.15, 0.2) is 11.5 Å². The topological polar surface area (TPSA) is 58.6 Å². The molecule has 1 unspecified atom stereocenters. The maximum absolute atomic E-state index is 10.8. The van der Waals surface area contributed by atoms with E-state index in [0.29, 0.717) is 9.96 Å². The number of ether oxygens (including phenoxy) is 2. The second-order valence-electron chi connectivity index (χ2n) is 3.42. The van der Waals surface area contributed by atoms with Crippen molar-refractivity contribution in [2.45, 2.75) is 4.21 Å². The molecule has 0 fully saturated rings. The molecule has 0 radical (unpaired) electrons. The normalized spacial score (nSPS) is 14.1. The number of fused-ring (bicyclic) bond motifs is 1. The van der Waals surface area contributed by atoms with E-state index >= 15 is 0 Å². The summed E-state index contributed by atoms with van der Waals surface area (Å²) in [6.07, 6.45) is 0. The Bertz CT molecular complexity index is 596. The molecular formula is C11H7LiO4S2. The van der Waals surface area contributed by atoms with Gasteiger partial charge in [-0.2, -0.15) is 0 Å². The minimum Gasteiger partial charge on any atom is -0.768 e. The van der Waals surface area contributed by atoms with Gasteiger partial charge in [-0.05, 0) is 47.0 Å². The minimum atomic E-state index is -2.17. The maximum atomic E-state index is 10.8. The summed E-state index contributed by atoms with van der Waals surface area (Å²) in [6, 6.07) is 8.94. The van der Waals surface area contributed by atoms with Gasteiger partial charge in [-0.15, -0.1) is 11.3 Å². The smallest absolute Gasteiger partial charge is 0.768 e. The van der Waals surface area contributed by atoms with Gasteiger partial charge in [0.25, 0.3) is 0 Å². The molecule has 0 spiro atoms. The van der Waals surface area contributed by atoms with Gasteiger partial charge in [0.05, 0.1) is 4.21 Å². The van der Waals surface area contributed by atoms with E-state index in [9.17, 15) is 8.76 Å². The van der Waals surface area contributed by atoms with E-state index in [-0.39, 0.29) is 25.7 Å². The summed E-state index contributed by atoms with van der Waals surface area (Å²) in [5.41, 5.74) is 0.927. The van der Waals surface area contributed by atoms with Gasteiger partial charge in [0.1, 0.15) is 0 Å². The maximum Gasteiger partial charge on any atom is 1.00 e. The molecule has 2 aromatic rings. The summed E-state index contributed by atoms with van der Waals surface area (Å²) >= 11 is -0.938. The molecule has 18 heavy (non-hydrogen) atoms. The molecule has 0 aliphatic carbocycles. The van der Waals surface area contributed by atoms with Crippen molar-refractivity contribution in [3.05, 3.63) is 30.3 Å². The van der Waals surface area contributed by atoms with Crippen LogP contribution in [0.15, 0.2) is 34.5 Å². The van der Waals surface area contributed by atoms with Crippen LogP contribution in [0, 0.1) is 0 Å². The third-order valence-corrected chi connectivity index (χ3v) is 4.45. The van der Waals surface area contributed by atoms with Gasteiger partial charge in [-0.1, -0.05) is 0 Å². The van der Waals surface area contributed by atoms with Crippen LogP contribution in [-0.4, -0.2) is 15.6 Å². The molecule has 0 amide bonds. The number of hydrogen-bond acceptors (Lipinski definition) is 5. The van der Waals surface area contributed by atoms with Crippen LogP contribution >= 0.6 is 11.3 Å². The Kier molecular flexibility index (Phi) is 4.15. The molecular weight excluding hydrogens is 267 g/mol. The summed E-state index contributed by atoms with van der Waals surface area (Å²) in [4.78, 5) is 0.891. The van der Waals surface area contributed by atoms with Crippen molar-refractivity contribution in [1.29, 1.82) is 0 Å². The van der Waals surface area contributed by atoms with Gasteiger partial charge in [0.2, 0.25) is 6.79 Å². The van der Waals surface area contributed by atoms with Crippen LogP contribution in [0.25, 0.3) is 10.4 Å². The van der Waals surface area contributed by atoms with Crippen LogP contribution in [0.2, 0.25) is 0 Å². The van der Waals surface area contributed by atoms with Gasteiger partial charge in [0, 0.05) is 4.88 Å². The van der Waals surface area contributed by atoms with Crippen molar-refractivity contribution in [2.75, 3.05) is 6.79 Å². The third kappa shape index (κ3) is 2.48. The van der Waals surface area contributed by atoms with Crippen LogP contribution in [-0.2, 0) is 11.1 Å². The Morgan fingerprint density at radius 3 is 2.67 bits per heavy atom. The van der Waals surface area contributed by atoms with Crippen LogP contribution in [0.4, 0.5) is 0 Å². The molecule has 7 heteroatoms. The van der Waals surface area contributed by atoms with Crippen molar-refractivity contribution in [3.8, 4) is 21.9 Å². The van der Waals surface area contributed by atoms with Crippen molar-refractivity contribution >= 4 is 22.4 Å². The first kappa shape index (κ1) is 13.7. The zero-order valence-electron chi connectivity index (χ0n) is 9.54. The van der Waals surface area contributed by atoms with Crippen LogP contribution < -0.4 is 28.3 Å². The first-order chi connectivity index (χ1) is 8.24. The van der Waals surface area contributed by atoms with Crippen LogP contribution in [0.5, 0.6) is 11.5 Å². The molecule has 2 heterocycles. The third-order valence-electron chi connectivity index (χ3n) is 2.40. The van der Waals surface area contributed by atoms with Crippen LogP contribution in [0.1, 0.15) is 0 Å². The van der Waals surface area contributed by atoms with E-state index in [1.165, 1.54) is 11.3 Å². The molecule has 1 atom stereocenters. The molecule has 4 nitrogen and oxygen atoms in total. The van der Waals surface area contributed by atoms with Gasteiger partial charge < -0.3 is 14.0 Å². The van der Waals surface area contributed by atoms with Gasteiger partial charge >= 0.3 is 18.9 Å². The van der Waals surface area contributed by atoms with Crippen molar-refractivity contribution < 1.29 is 37.1 Å². The fourth-order valence-electron chi connectivity index (χ4n) is 1.61. The number of rotatable bonds is 2. The molecule has 0 saturated heterocycles. The number of thiophene rings is 1. The quantitative estimate of drug-likeness (QED) is 0.541. The Hall–Kier alpha value is -0.773. The van der Waals surface area contributed by atoms with E-state index in [1.807, 2.05) is 18.2 Å². The second-order valence-corrected chi connectivity index (χ2v) is 5.67. The van der Waals surface area contributed by atoms with E-state index < -0.39 is 11.1 Å². The number of benzene rings is 1. The molecule has 88 valence electrons. The molecule has 0 N–H and O–H groups in total. The summed E-state index contributed by atoms with van der Waals surface area (Å²) in [5, 5.41) is 0. The van der Waals surface area contributed by atoms with Crippen LogP contribution in [0.3, 0.4) is 0 Å². The SMILES string of the molecule is O=S([O-])c1ccc(-c2ccc3c(c2)OCO3)s1.[Li+]. The molecule has 1 aliphatic heterocycles. The number of hydrogen-bond donors (Lipinski definition) is 0. The van der Waals surface area contributed by atoms with E-state index in [0.717, 1.165) is 16.2 Å². The Labute approximate surface area is 122 Å². The summed E-state index contributed by atoms with van der Waals surface area (Å²) in [5.74, 6) is 1.42. The fraction of sp³-hybridized carbons (Fsp3) is 0.0909. The predicted molar refractivity (Wildman–Crippen MR) is 63.1 cm³/mol. The predicted octanol–water partition coefficient (Wildman–Crippen LogP) is -0.614. The zero-order chi connectivity index (χ0) is 11.8.